The fraction of sp³-hybridized carbons (Fsp3) is 0.333. The molecule has 1 saturated heterocycles. The predicted octanol–water partition coefficient (Wildman–Crippen LogP) is 2.38. The van der Waals surface area contributed by atoms with Crippen LogP contribution in [0, 0.1) is 0 Å². The van der Waals surface area contributed by atoms with Gasteiger partial charge in [0.05, 0.1) is 22.6 Å². The second-order valence-electron chi connectivity index (χ2n) is 7.65. The number of carbonyl (C=O) groups is 1. The topological polar surface area (TPSA) is 117 Å². The number of amides is 1. The van der Waals surface area contributed by atoms with Crippen molar-refractivity contribution in [3.05, 3.63) is 54.1 Å². The lowest BCUT2D eigenvalue weighted by molar-refractivity contribution is -0.0258. The van der Waals surface area contributed by atoms with Crippen LogP contribution in [-0.4, -0.2) is 81.6 Å². The summed E-state index contributed by atoms with van der Waals surface area (Å²) >= 11 is 1.38. The molecule has 13 heteroatoms. The quantitative estimate of drug-likeness (QED) is 0.509. The Kier molecular flexibility index (Phi) is 7.85. The van der Waals surface area contributed by atoms with E-state index < -0.39 is 26.0 Å². The van der Waals surface area contributed by atoms with Crippen LogP contribution < -0.4 is 0 Å². The molecule has 0 aromatic heterocycles. The smallest absolute Gasteiger partial charge is 0.264 e. The van der Waals surface area contributed by atoms with Gasteiger partial charge in [0.25, 0.3) is 15.9 Å². The van der Waals surface area contributed by atoms with Gasteiger partial charge in [0, 0.05) is 38.5 Å². The summed E-state index contributed by atoms with van der Waals surface area (Å²) in [6.07, 6.45) is 0. The zero-order chi connectivity index (χ0) is 25.3. The number of benzene rings is 2. The predicted molar refractivity (Wildman–Crippen MR) is 131 cm³/mol. The van der Waals surface area contributed by atoms with Gasteiger partial charge in [-0.1, -0.05) is 35.3 Å². The molecule has 0 saturated carbocycles. The maximum Gasteiger partial charge on any atom is 0.264 e. The summed E-state index contributed by atoms with van der Waals surface area (Å²) in [5.74, 6) is -0.412. The van der Waals surface area contributed by atoms with E-state index in [2.05, 4.69) is 4.99 Å². The van der Waals surface area contributed by atoms with Crippen LogP contribution in [0.3, 0.4) is 0 Å². The summed E-state index contributed by atoms with van der Waals surface area (Å²) in [5.41, 5.74) is 0.562. The third-order valence-electron chi connectivity index (χ3n) is 5.02. The van der Waals surface area contributed by atoms with E-state index in [1.54, 1.807) is 12.1 Å². The van der Waals surface area contributed by atoms with Gasteiger partial charge >= 0.3 is 0 Å². The minimum Gasteiger partial charge on any atom is -0.288 e. The highest BCUT2D eigenvalue weighted by atomic mass is 32.2. The molecule has 3 rings (SSSR count). The van der Waals surface area contributed by atoms with Crippen molar-refractivity contribution in [2.24, 2.45) is 4.99 Å². The largest absolute Gasteiger partial charge is 0.288 e. The van der Waals surface area contributed by atoms with Crippen molar-refractivity contribution in [3.8, 4) is 0 Å². The van der Waals surface area contributed by atoms with Gasteiger partial charge in [0.1, 0.15) is 0 Å². The summed E-state index contributed by atoms with van der Waals surface area (Å²) < 4.78 is 51.9. The molecule has 2 aromatic rings. The molecule has 0 aliphatic carbocycles. The normalized spacial score (nSPS) is 18.3. The summed E-state index contributed by atoms with van der Waals surface area (Å²) in [5, 5.41) is 0.446. The van der Waals surface area contributed by atoms with Crippen molar-refractivity contribution in [1.29, 1.82) is 0 Å². The number of aliphatic imine (C=N–C) groups is 1. The zero-order valence-corrected chi connectivity index (χ0v) is 21.8. The van der Waals surface area contributed by atoms with E-state index in [1.807, 2.05) is 6.92 Å². The van der Waals surface area contributed by atoms with Gasteiger partial charge in [-0.2, -0.15) is 0 Å². The Morgan fingerprint density at radius 1 is 1.03 bits per heavy atom. The van der Waals surface area contributed by atoms with Crippen LogP contribution in [-0.2, 0) is 24.9 Å². The summed E-state index contributed by atoms with van der Waals surface area (Å²) in [6, 6.07) is 11.9. The van der Waals surface area contributed by atoms with E-state index >= 15 is 0 Å². The lowest BCUT2D eigenvalue weighted by Crippen LogP contribution is -2.33. The Labute approximate surface area is 204 Å². The van der Waals surface area contributed by atoms with Gasteiger partial charge in [-0.15, -0.1) is 0 Å². The number of thioether (sulfide) groups is 1. The lowest BCUT2D eigenvalue weighted by Gasteiger charge is -2.18. The Hall–Kier alpha value is -2.29. The number of hydrogen-bond acceptors (Lipinski definition) is 8. The van der Waals surface area contributed by atoms with Crippen LogP contribution in [0.4, 0.5) is 5.69 Å². The van der Waals surface area contributed by atoms with Gasteiger partial charge in [-0.3, -0.25) is 14.5 Å². The van der Waals surface area contributed by atoms with Crippen molar-refractivity contribution in [1.82, 2.24) is 13.7 Å². The second-order valence-corrected chi connectivity index (χ2v) is 13.1. The van der Waals surface area contributed by atoms with E-state index in [0.717, 1.165) is 4.31 Å². The fourth-order valence-electron chi connectivity index (χ4n) is 3.10. The summed E-state index contributed by atoms with van der Waals surface area (Å²) in [4.78, 5) is 24.1. The molecule has 34 heavy (non-hydrogen) atoms. The number of sulfonamides is 2. The Morgan fingerprint density at radius 2 is 1.65 bits per heavy atom. The van der Waals surface area contributed by atoms with E-state index in [1.165, 1.54) is 81.3 Å². The average Bonchev–Trinajstić information content (AvgIpc) is 3.17. The lowest BCUT2D eigenvalue weighted by atomic mass is 10.2. The highest BCUT2D eigenvalue weighted by molar-refractivity contribution is 8.14. The molecule has 1 unspecified atom stereocenters. The van der Waals surface area contributed by atoms with E-state index in [-0.39, 0.29) is 20.6 Å². The maximum atomic E-state index is 13.3. The van der Waals surface area contributed by atoms with Crippen molar-refractivity contribution in [2.75, 3.05) is 34.8 Å². The zero-order valence-electron chi connectivity index (χ0n) is 19.4. The van der Waals surface area contributed by atoms with Gasteiger partial charge in [-0.05, 0) is 36.4 Å². The standard InChI is InChI=1S/C21H26N4O6S3/c1-15-14-25(20(26)16-8-6-10-18(12-16)34(29,30)24(4)31-5)21(32-15)22-17-9-7-11-19(13-17)33(27,28)23(2)3/h6-13,15H,14H2,1-5H3. The van der Waals surface area contributed by atoms with Crippen molar-refractivity contribution < 1.29 is 26.5 Å². The number of amidine groups is 1. The van der Waals surface area contributed by atoms with Crippen LogP contribution in [0.2, 0.25) is 0 Å². The molecule has 1 aliphatic heterocycles. The SMILES string of the molecule is CON(C)S(=O)(=O)c1cccc(C(=O)N2CC(C)SC2=Nc2cccc(S(=O)(=O)N(C)C)c2)c1. The molecule has 1 amide bonds. The highest BCUT2D eigenvalue weighted by Crippen LogP contribution is 2.31. The molecule has 1 atom stereocenters. The molecule has 0 bridgehead atoms. The van der Waals surface area contributed by atoms with Crippen LogP contribution in [0.1, 0.15) is 17.3 Å². The van der Waals surface area contributed by atoms with Crippen LogP contribution in [0.5, 0.6) is 0 Å². The minimum absolute atomic E-state index is 0.0444. The van der Waals surface area contributed by atoms with Gasteiger partial charge in [-0.25, -0.2) is 26.1 Å². The summed E-state index contributed by atoms with van der Waals surface area (Å²) in [6.45, 7) is 2.31. The maximum absolute atomic E-state index is 13.3. The number of hydroxylamine groups is 1. The Bertz CT molecular complexity index is 1330. The molecular formula is C21H26N4O6S3. The van der Waals surface area contributed by atoms with Crippen molar-refractivity contribution >= 4 is 48.6 Å². The Balaban J connectivity index is 1.96. The minimum atomic E-state index is -3.92. The number of nitrogens with zero attached hydrogens (tertiary/aromatic N) is 4. The molecule has 1 fully saturated rings. The number of rotatable bonds is 7. The second kappa shape index (κ2) is 10.1. The van der Waals surface area contributed by atoms with E-state index in [0.29, 0.717) is 21.9 Å². The molecule has 184 valence electrons. The number of carbonyl (C=O) groups excluding carboxylic acids is 1. The Morgan fingerprint density at radius 3 is 2.26 bits per heavy atom. The molecule has 2 aromatic carbocycles. The first-order valence-corrected chi connectivity index (χ1v) is 13.9. The van der Waals surface area contributed by atoms with Crippen LogP contribution in [0.15, 0.2) is 63.3 Å². The third-order valence-corrected chi connectivity index (χ3v) is 9.58. The van der Waals surface area contributed by atoms with Gasteiger partial charge in [0.15, 0.2) is 5.17 Å². The summed E-state index contributed by atoms with van der Waals surface area (Å²) in [7, 11) is -2.18. The average molecular weight is 527 g/mol. The molecule has 0 spiro atoms. The van der Waals surface area contributed by atoms with Crippen LogP contribution in [0.25, 0.3) is 0 Å². The fourth-order valence-corrected chi connectivity index (χ4v) is 6.09. The highest BCUT2D eigenvalue weighted by Gasteiger charge is 2.32. The molecular weight excluding hydrogens is 500 g/mol. The third kappa shape index (κ3) is 5.34. The van der Waals surface area contributed by atoms with Crippen molar-refractivity contribution in [2.45, 2.75) is 22.0 Å². The first-order valence-electron chi connectivity index (χ1n) is 10.1. The number of hydrogen-bond donors (Lipinski definition) is 0. The molecule has 10 nitrogen and oxygen atoms in total. The first kappa shape index (κ1) is 26.3. The molecule has 1 heterocycles. The van der Waals surface area contributed by atoms with E-state index in [4.69, 9.17) is 4.84 Å². The monoisotopic (exact) mass is 526 g/mol. The van der Waals surface area contributed by atoms with Gasteiger partial charge in [0.2, 0.25) is 10.0 Å². The first-order chi connectivity index (χ1) is 15.9. The van der Waals surface area contributed by atoms with Crippen LogP contribution >= 0.6 is 11.8 Å². The van der Waals surface area contributed by atoms with Gasteiger partial charge < -0.3 is 0 Å². The molecule has 1 aliphatic rings. The molecule has 0 N–H and O–H groups in total. The van der Waals surface area contributed by atoms with E-state index in [9.17, 15) is 21.6 Å². The molecule has 0 radical (unpaired) electrons. The van der Waals surface area contributed by atoms with Crippen molar-refractivity contribution in [3.63, 3.8) is 0 Å².